The van der Waals surface area contributed by atoms with E-state index in [1.165, 1.54) is 12.8 Å². The highest BCUT2D eigenvalue weighted by molar-refractivity contribution is 5.75. The van der Waals surface area contributed by atoms with E-state index in [0.29, 0.717) is 6.04 Å². The first-order chi connectivity index (χ1) is 7.18. The number of urea groups is 1. The third kappa shape index (κ3) is 2.25. The molecule has 0 radical (unpaired) electrons. The predicted molar refractivity (Wildman–Crippen MR) is 59.8 cm³/mol. The first kappa shape index (κ1) is 10.7. The zero-order chi connectivity index (χ0) is 10.8. The van der Waals surface area contributed by atoms with Crippen LogP contribution >= 0.6 is 0 Å². The summed E-state index contributed by atoms with van der Waals surface area (Å²) in [5, 5.41) is 6.35. The van der Waals surface area contributed by atoms with Gasteiger partial charge in [0.1, 0.15) is 0 Å². The van der Waals surface area contributed by atoms with Gasteiger partial charge in [-0.05, 0) is 39.2 Å². The van der Waals surface area contributed by atoms with Gasteiger partial charge in [0.25, 0.3) is 0 Å². The number of piperidine rings is 1. The molecule has 4 nitrogen and oxygen atoms in total. The Hall–Kier alpha value is -0.770. The molecule has 0 saturated carbocycles. The van der Waals surface area contributed by atoms with Crippen molar-refractivity contribution in [3.05, 3.63) is 0 Å². The van der Waals surface area contributed by atoms with Crippen LogP contribution in [-0.4, -0.2) is 42.6 Å². The highest BCUT2D eigenvalue weighted by Crippen LogP contribution is 2.28. The number of nitrogens with zero attached hydrogens (tertiary/aromatic N) is 1. The zero-order valence-corrected chi connectivity index (χ0v) is 9.62. The largest absolute Gasteiger partial charge is 0.336 e. The summed E-state index contributed by atoms with van der Waals surface area (Å²) < 4.78 is 0. The highest BCUT2D eigenvalue weighted by atomic mass is 16.2. The molecular formula is C11H21N3O. The molecule has 0 aromatic carbocycles. The molecule has 2 aliphatic heterocycles. The Morgan fingerprint density at radius 1 is 1.47 bits per heavy atom. The molecule has 2 atom stereocenters. The van der Waals surface area contributed by atoms with Crippen LogP contribution in [-0.2, 0) is 0 Å². The number of carbonyl (C=O) groups is 1. The number of fused-ring (bicyclic) bond motifs is 1. The molecule has 0 aromatic rings. The third-order valence-corrected chi connectivity index (χ3v) is 3.40. The lowest BCUT2D eigenvalue weighted by Gasteiger charge is -2.32. The number of hydrogen-bond acceptors (Lipinski definition) is 2. The monoisotopic (exact) mass is 211 g/mol. The van der Waals surface area contributed by atoms with E-state index in [9.17, 15) is 4.79 Å². The van der Waals surface area contributed by atoms with Gasteiger partial charge in [0.15, 0.2) is 0 Å². The summed E-state index contributed by atoms with van der Waals surface area (Å²) >= 11 is 0. The fraction of sp³-hybridized carbons (Fsp3) is 0.909. The second-order valence-electron chi connectivity index (χ2n) is 4.91. The van der Waals surface area contributed by atoms with Gasteiger partial charge in [0, 0.05) is 25.2 Å². The van der Waals surface area contributed by atoms with E-state index in [1.807, 2.05) is 18.7 Å². The lowest BCUT2D eigenvalue weighted by Crippen LogP contribution is -2.52. The van der Waals surface area contributed by atoms with Crippen LogP contribution in [0.5, 0.6) is 0 Å². The molecule has 2 N–H and O–H groups in total. The minimum absolute atomic E-state index is 0.112. The van der Waals surface area contributed by atoms with Crippen LogP contribution in [0.25, 0.3) is 0 Å². The van der Waals surface area contributed by atoms with Crippen LogP contribution in [0.15, 0.2) is 0 Å². The van der Waals surface area contributed by atoms with Gasteiger partial charge >= 0.3 is 6.03 Å². The molecule has 2 heterocycles. The maximum atomic E-state index is 11.9. The van der Waals surface area contributed by atoms with Gasteiger partial charge in [-0.25, -0.2) is 4.79 Å². The molecule has 15 heavy (non-hydrogen) atoms. The van der Waals surface area contributed by atoms with E-state index in [1.54, 1.807) is 0 Å². The van der Waals surface area contributed by atoms with Crippen molar-refractivity contribution in [2.45, 2.75) is 38.8 Å². The molecule has 4 heteroatoms. The molecule has 0 aliphatic carbocycles. The maximum absolute atomic E-state index is 11.9. The summed E-state index contributed by atoms with van der Waals surface area (Å²) in [5.74, 6) is 0.726. The second-order valence-corrected chi connectivity index (χ2v) is 4.91. The van der Waals surface area contributed by atoms with Gasteiger partial charge in [-0.2, -0.15) is 0 Å². The Balaban J connectivity index is 1.95. The van der Waals surface area contributed by atoms with E-state index >= 15 is 0 Å². The molecule has 0 bridgehead atoms. The predicted octanol–water partition coefficient (Wildman–Crippen LogP) is 0.788. The summed E-state index contributed by atoms with van der Waals surface area (Å²) in [6.45, 7) is 7.02. The lowest BCUT2D eigenvalue weighted by atomic mass is 9.93. The van der Waals surface area contributed by atoms with Crippen molar-refractivity contribution < 1.29 is 4.79 Å². The van der Waals surface area contributed by atoms with Crippen molar-refractivity contribution in [3.8, 4) is 0 Å². The number of rotatable bonds is 1. The third-order valence-electron chi connectivity index (χ3n) is 3.40. The van der Waals surface area contributed by atoms with Crippen LogP contribution in [0.2, 0.25) is 0 Å². The van der Waals surface area contributed by atoms with Crippen molar-refractivity contribution in [1.82, 2.24) is 15.5 Å². The van der Waals surface area contributed by atoms with Crippen LogP contribution in [0.1, 0.15) is 26.7 Å². The molecule has 0 spiro atoms. The molecule has 2 aliphatic rings. The number of nitrogens with one attached hydrogen (secondary N) is 2. The molecule has 2 rings (SSSR count). The first-order valence-corrected chi connectivity index (χ1v) is 5.96. The lowest BCUT2D eigenvalue weighted by molar-refractivity contribution is 0.173. The summed E-state index contributed by atoms with van der Waals surface area (Å²) in [4.78, 5) is 13.9. The minimum atomic E-state index is 0.112. The van der Waals surface area contributed by atoms with Crippen molar-refractivity contribution in [3.63, 3.8) is 0 Å². The Bertz CT molecular complexity index is 242. The normalized spacial score (nSPS) is 30.5. The average molecular weight is 211 g/mol. The molecule has 0 aromatic heterocycles. The van der Waals surface area contributed by atoms with Gasteiger partial charge in [-0.3, -0.25) is 0 Å². The Morgan fingerprint density at radius 2 is 2.27 bits per heavy atom. The molecule has 86 valence electrons. The molecule has 2 saturated heterocycles. The van der Waals surface area contributed by atoms with Gasteiger partial charge < -0.3 is 15.5 Å². The number of carbonyl (C=O) groups excluding carboxylic acids is 1. The van der Waals surface area contributed by atoms with E-state index in [2.05, 4.69) is 10.6 Å². The Labute approximate surface area is 91.4 Å². The second kappa shape index (κ2) is 4.39. The fourth-order valence-electron chi connectivity index (χ4n) is 2.65. The smallest absolute Gasteiger partial charge is 0.317 e. The van der Waals surface area contributed by atoms with Crippen molar-refractivity contribution in [1.29, 1.82) is 0 Å². The van der Waals surface area contributed by atoms with Crippen LogP contribution in [0.3, 0.4) is 0 Å². The van der Waals surface area contributed by atoms with E-state index in [4.69, 9.17) is 0 Å². The number of amides is 2. The fourth-order valence-corrected chi connectivity index (χ4v) is 2.65. The summed E-state index contributed by atoms with van der Waals surface area (Å²) in [6.07, 6.45) is 2.40. The topological polar surface area (TPSA) is 44.4 Å². The Morgan fingerprint density at radius 3 is 3.00 bits per heavy atom. The molecule has 2 amide bonds. The number of hydrogen-bond donors (Lipinski definition) is 2. The quantitative estimate of drug-likeness (QED) is 0.673. The average Bonchev–Trinajstić information content (AvgIpc) is 2.59. The molecule has 2 fully saturated rings. The van der Waals surface area contributed by atoms with E-state index in [0.717, 1.165) is 25.6 Å². The van der Waals surface area contributed by atoms with Gasteiger partial charge in [-0.1, -0.05) is 0 Å². The van der Waals surface area contributed by atoms with Crippen LogP contribution in [0, 0.1) is 5.92 Å². The van der Waals surface area contributed by atoms with Gasteiger partial charge in [0.05, 0.1) is 0 Å². The summed E-state index contributed by atoms with van der Waals surface area (Å²) in [5.41, 5.74) is 0. The summed E-state index contributed by atoms with van der Waals surface area (Å²) in [6, 6.07) is 0.770. The highest BCUT2D eigenvalue weighted by Gasteiger charge is 2.38. The zero-order valence-electron chi connectivity index (χ0n) is 9.62. The molecule has 0 unspecified atom stereocenters. The van der Waals surface area contributed by atoms with Crippen molar-refractivity contribution in [2.24, 2.45) is 5.92 Å². The van der Waals surface area contributed by atoms with Gasteiger partial charge in [0.2, 0.25) is 0 Å². The van der Waals surface area contributed by atoms with E-state index in [-0.39, 0.29) is 12.1 Å². The Kier molecular flexibility index (Phi) is 3.14. The van der Waals surface area contributed by atoms with E-state index < -0.39 is 0 Å². The maximum Gasteiger partial charge on any atom is 0.317 e. The SMILES string of the molecule is CC(C)NC(=O)N1CC[C@@H]2CCNC[C@@H]21. The molecular weight excluding hydrogens is 190 g/mol. The minimum Gasteiger partial charge on any atom is -0.336 e. The van der Waals surface area contributed by atoms with Crippen molar-refractivity contribution in [2.75, 3.05) is 19.6 Å². The standard InChI is InChI=1S/C11H21N3O/c1-8(2)13-11(15)14-6-4-9-3-5-12-7-10(9)14/h8-10,12H,3-7H2,1-2H3,(H,13,15)/t9-,10-/m0/s1. The van der Waals surface area contributed by atoms with Crippen molar-refractivity contribution >= 4 is 6.03 Å². The number of likely N-dealkylation sites (tertiary alicyclic amines) is 1. The van der Waals surface area contributed by atoms with Crippen LogP contribution < -0.4 is 10.6 Å². The summed E-state index contributed by atoms with van der Waals surface area (Å²) in [7, 11) is 0. The van der Waals surface area contributed by atoms with Gasteiger partial charge in [-0.15, -0.1) is 0 Å². The van der Waals surface area contributed by atoms with Crippen LogP contribution in [0.4, 0.5) is 4.79 Å². The first-order valence-electron chi connectivity index (χ1n) is 5.96.